The molecule has 2 heteroatoms. The third kappa shape index (κ3) is 2.53. The molecular weight excluding hydrogens is 212 g/mol. The van der Waals surface area contributed by atoms with Crippen LogP contribution < -0.4 is 0 Å². The lowest BCUT2D eigenvalue weighted by atomic mass is 9.63. The highest BCUT2D eigenvalue weighted by molar-refractivity contribution is 5.01. The van der Waals surface area contributed by atoms with Crippen LogP contribution in [0.15, 0.2) is 0 Å². The van der Waals surface area contributed by atoms with Crippen molar-refractivity contribution in [3.05, 3.63) is 0 Å². The van der Waals surface area contributed by atoms with Gasteiger partial charge in [-0.05, 0) is 25.2 Å². The SMILES string of the molecule is CCC1CCCC(OC2CC(O)C2(C)CC)C1. The van der Waals surface area contributed by atoms with Crippen molar-refractivity contribution >= 4 is 0 Å². The van der Waals surface area contributed by atoms with E-state index in [0.29, 0.717) is 12.2 Å². The fraction of sp³-hybridized carbons (Fsp3) is 1.00. The first-order valence-electron chi connectivity index (χ1n) is 7.43. The van der Waals surface area contributed by atoms with Gasteiger partial charge >= 0.3 is 0 Å². The number of hydrogen-bond donors (Lipinski definition) is 1. The highest BCUT2D eigenvalue weighted by Gasteiger charge is 2.51. The summed E-state index contributed by atoms with van der Waals surface area (Å²) < 4.78 is 6.28. The van der Waals surface area contributed by atoms with E-state index in [4.69, 9.17) is 4.74 Å². The third-order valence-electron chi connectivity index (χ3n) is 5.36. The molecule has 2 aliphatic rings. The van der Waals surface area contributed by atoms with Crippen molar-refractivity contribution in [2.45, 2.75) is 84.0 Å². The summed E-state index contributed by atoms with van der Waals surface area (Å²) in [5.74, 6) is 0.867. The van der Waals surface area contributed by atoms with Crippen LogP contribution in [0.25, 0.3) is 0 Å². The van der Waals surface area contributed by atoms with E-state index in [1.165, 1.54) is 32.1 Å². The Morgan fingerprint density at radius 1 is 1.24 bits per heavy atom. The van der Waals surface area contributed by atoms with Crippen LogP contribution in [0.3, 0.4) is 0 Å². The minimum Gasteiger partial charge on any atom is -0.392 e. The van der Waals surface area contributed by atoms with Gasteiger partial charge in [-0.15, -0.1) is 0 Å². The van der Waals surface area contributed by atoms with Gasteiger partial charge in [0.25, 0.3) is 0 Å². The van der Waals surface area contributed by atoms with E-state index in [1.807, 2.05) is 0 Å². The summed E-state index contributed by atoms with van der Waals surface area (Å²) in [6.45, 7) is 6.62. The Labute approximate surface area is 106 Å². The lowest BCUT2D eigenvalue weighted by Crippen LogP contribution is -2.57. The Balaban J connectivity index is 1.85. The molecule has 1 N–H and O–H groups in total. The first kappa shape index (κ1) is 13.4. The van der Waals surface area contributed by atoms with Crippen LogP contribution in [0.5, 0.6) is 0 Å². The lowest BCUT2D eigenvalue weighted by Gasteiger charge is -2.52. The van der Waals surface area contributed by atoms with E-state index >= 15 is 0 Å². The first-order chi connectivity index (χ1) is 8.10. The van der Waals surface area contributed by atoms with E-state index in [9.17, 15) is 5.11 Å². The Morgan fingerprint density at radius 2 is 2.00 bits per heavy atom. The Morgan fingerprint density at radius 3 is 2.59 bits per heavy atom. The molecular formula is C15H28O2. The molecule has 0 aromatic carbocycles. The average Bonchev–Trinajstić information content (AvgIpc) is 2.37. The van der Waals surface area contributed by atoms with Gasteiger partial charge in [0.1, 0.15) is 0 Å². The number of ether oxygens (including phenoxy) is 1. The molecule has 0 radical (unpaired) electrons. The van der Waals surface area contributed by atoms with Crippen LogP contribution in [-0.4, -0.2) is 23.4 Å². The largest absolute Gasteiger partial charge is 0.392 e. The average molecular weight is 240 g/mol. The number of aliphatic hydroxyl groups is 1. The molecule has 17 heavy (non-hydrogen) atoms. The maximum absolute atomic E-state index is 9.89. The van der Waals surface area contributed by atoms with Crippen molar-refractivity contribution in [2.75, 3.05) is 0 Å². The van der Waals surface area contributed by atoms with Gasteiger partial charge in [-0.2, -0.15) is 0 Å². The van der Waals surface area contributed by atoms with Crippen molar-refractivity contribution in [3.8, 4) is 0 Å². The Bertz CT molecular complexity index is 253. The van der Waals surface area contributed by atoms with Gasteiger partial charge in [0.05, 0.1) is 18.3 Å². The van der Waals surface area contributed by atoms with Gasteiger partial charge < -0.3 is 9.84 Å². The zero-order valence-corrected chi connectivity index (χ0v) is 11.6. The number of hydrogen-bond acceptors (Lipinski definition) is 2. The summed E-state index contributed by atoms with van der Waals surface area (Å²) in [6, 6.07) is 0. The standard InChI is InChI=1S/C15H28O2/c1-4-11-7-6-8-12(9-11)17-14-10-13(16)15(14,3)5-2/h11-14,16H,4-10H2,1-3H3. The molecule has 100 valence electrons. The minimum absolute atomic E-state index is 0.0131. The second-order valence-electron chi connectivity index (χ2n) is 6.30. The summed E-state index contributed by atoms with van der Waals surface area (Å²) >= 11 is 0. The van der Waals surface area contributed by atoms with Crippen LogP contribution >= 0.6 is 0 Å². The van der Waals surface area contributed by atoms with Gasteiger partial charge in [-0.1, -0.05) is 40.0 Å². The minimum atomic E-state index is -0.150. The molecule has 0 amide bonds. The quantitative estimate of drug-likeness (QED) is 0.814. The molecule has 2 rings (SSSR count). The molecule has 2 nitrogen and oxygen atoms in total. The van der Waals surface area contributed by atoms with E-state index in [0.717, 1.165) is 18.8 Å². The van der Waals surface area contributed by atoms with Crippen molar-refractivity contribution in [1.82, 2.24) is 0 Å². The van der Waals surface area contributed by atoms with Gasteiger partial charge in [-0.3, -0.25) is 0 Å². The van der Waals surface area contributed by atoms with Gasteiger partial charge in [0.2, 0.25) is 0 Å². The maximum Gasteiger partial charge on any atom is 0.0681 e. The highest BCUT2D eigenvalue weighted by atomic mass is 16.5. The van der Waals surface area contributed by atoms with Crippen LogP contribution in [0.2, 0.25) is 0 Å². The third-order valence-corrected chi connectivity index (χ3v) is 5.36. The number of rotatable bonds is 4. The van der Waals surface area contributed by atoms with Gasteiger partial charge in [0, 0.05) is 11.8 Å². The second kappa shape index (κ2) is 5.27. The van der Waals surface area contributed by atoms with E-state index in [1.54, 1.807) is 0 Å². The molecule has 0 bridgehead atoms. The van der Waals surface area contributed by atoms with Crippen molar-refractivity contribution in [2.24, 2.45) is 11.3 Å². The smallest absolute Gasteiger partial charge is 0.0681 e. The molecule has 2 aliphatic carbocycles. The zero-order valence-electron chi connectivity index (χ0n) is 11.6. The van der Waals surface area contributed by atoms with Crippen LogP contribution in [-0.2, 0) is 4.74 Å². The highest BCUT2D eigenvalue weighted by Crippen LogP contribution is 2.47. The van der Waals surface area contributed by atoms with E-state index in [-0.39, 0.29) is 11.5 Å². The van der Waals surface area contributed by atoms with Crippen LogP contribution in [0.4, 0.5) is 0 Å². The fourth-order valence-electron chi connectivity index (χ4n) is 3.44. The molecule has 0 aliphatic heterocycles. The van der Waals surface area contributed by atoms with Crippen LogP contribution in [0.1, 0.15) is 65.7 Å². The predicted octanol–water partition coefficient (Wildman–Crippen LogP) is 3.52. The molecule has 0 aromatic rings. The predicted molar refractivity (Wildman–Crippen MR) is 69.9 cm³/mol. The molecule has 2 fully saturated rings. The van der Waals surface area contributed by atoms with E-state index < -0.39 is 0 Å². The monoisotopic (exact) mass is 240 g/mol. The van der Waals surface area contributed by atoms with Crippen molar-refractivity contribution in [1.29, 1.82) is 0 Å². The molecule has 0 aromatic heterocycles. The summed E-state index contributed by atoms with van der Waals surface area (Å²) in [4.78, 5) is 0. The topological polar surface area (TPSA) is 29.5 Å². The van der Waals surface area contributed by atoms with Gasteiger partial charge in [-0.25, -0.2) is 0 Å². The lowest BCUT2D eigenvalue weighted by molar-refractivity contribution is -0.209. The van der Waals surface area contributed by atoms with Crippen LogP contribution in [0, 0.1) is 11.3 Å². The Kier molecular flexibility index (Phi) is 4.14. The molecule has 2 saturated carbocycles. The van der Waals surface area contributed by atoms with E-state index in [2.05, 4.69) is 20.8 Å². The summed E-state index contributed by atoms with van der Waals surface area (Å²) in [7, 11) is 0. The zero-order chi connectivity index (χ0) is 12.5. The van der Waals surface area contributed by atoms with Crippen molar-refractivity contribution < 1.29 is 9.84 Å². The number of aliphatic hydroxyl groups excluding tert-OH is 1. The molecule has 0 heterocycles. The molecule has 5 atom stereocenters. The summed E-state index contributed by atoms with van der Waals surface area (Å²) in [6.07, 6.45) is 8.92. The fourth-order valence-corrected chi connectivity index (χ4v) is 3.44. The summed E-state index contributed by atoms with van der Waals surface area (Å²) in [5, 5.41) is 9.89. The summed E-state index contributed by atoms with van der Waals surface area (Å²) in [5.41, 5.74) is 0.0131. The van der Waals surface area contributed by atoms with Gasteiger partial charge in [0.15, 0.2) is 0 Å². The Hall–Kier alpha value is -0.0800. The first-order valence-corrected chi connectivity index (χ1v) is 7.43. The second-order valence-corrected chi connectivity index (χ2v) is 6.30. The normalized spacial score (nSPS) is 46.6. The van der Waals surface area contributed by atoms with Crippen molar-refractivity contribution in [3.63, 3.8) is 0 Å². The molecule has 5 unspecified atom stereocenters. The molecule has 0 spiro atoms. The maximum atomic E-state index is 9.89. The molecule has 0 saturated heterocycles.